The largest absolute Gasteiger partial charge is 0.314 e. The fraction of sp³-hybridized carbons (Fsp3) is 0.714. The molecule has 0 bridgehead atoms. The highest BCUT2D eigenvalue weighted by Gasteiger charge is 2.33. The number of aryl methyl sites for hydroxylation is 1. The van der Waals surface area contributed by atoms with E-state index < -0.39 is 0 Å². The predicted octanol–water partition coefficient (Wildman–Crippen LogP) is 4.66. The number of piperazine rings is 1. The van der Waals surface area contributed by atoms with Crippen LogP contribution in [0.2, 0.25) is 0 Å². The summed E-state index contributed by atoms with van der Waals surface area (Å²) in [4.78, 5) is 4.13. The molecule has 1 aliphatic rings. The van der Waals surface area contributed by atoms with Crippen molar-refractivity contribution in [3.8, 4) is 0 Å². The zero-order valence-electron chi connectivity index (χ0n) is 12.5. The summed E-state index contributed by atoms with van der Waals surface area (Å²) in [6.45, 7) is 13.7. The molecule has 20 heavy (non-hydrogen) atoms. The fourth-order valence-corrected chi connectivity index (χ4v) is 4.67. The number of nitrogens with zero attached hydrogens (tertiary/aromatic N) is 1. The van der Waals surface area contributed by atoms with Crippen molar-refractivity contribution in [1.82, 2.24) is 10.2 Å². The quantitative estimate of drug-likeness (QED) is 0.772. The third kappa shape index (κ3) is 4.85. The Morgan fingerprint density at radius 3 is 2.20 bits per heavy atom. The van der Waals surface area contributed by atoms with Crippen LogP contribution in [0, 0.1) is 12.3 Å². The van der Waals surface area contributed by atoms with Crippen LogP contribution < -0.4 is 5.32 Å². The van der Waals surface area contributed by atoms with E-state index in [0.717, 1.165) is 26.2 Å². The molecule has 1 aliphatic heterocycles. The molecule has 1 aromatic rings. The summed E-state index contributed by atoms with van der Waals surface area (Å²) >= 11 is 5.56. The Bertz CT molecular complexity index is 392. The molecule has 0 radical (unpaired) electrons. The smallest absolute Gasteiger partial charge is 0.0731 e. The molecule has 1 aromatic heterocycles. The van der Waals surface area contributed by atoms with Gasteiger partial charge in [0, 0.05) is 37.1 Å². The standard InChI is InChI=1S/C14H23BrN2S.2ClH/c1-10-9-11(18-13(10)15)12(14(2,3)4)17-7-5-16-6-8-17;;/h9,12,16H,5-8H2,1-4H3;2*1H/t12-;;/m1../s1. The normalized spacial score (nSPS) is 18.1. The Morgan fingerprint density at radius 1 is 1.25 bits per heavy atom. The highest BCUT2D eigenvalue weighted by atomic mass is 79.9. The first-order valence-electron chi connectivity index (χ1n) is 6.60. The molecule has 1 N–H and O–H groups in total. The van der Waals surface area contributed by atoms with Crippen molar-refractivity contribution in [2.24, 2.45) is 5.41 Å². The van der Waals surface area contributed by atoms with E-state index in [1.165, 1.54) is 14.2 Å². The van der Waals surface area contributed by atoms with Crippen LogP contribution in [-0.2, 0) is 0 Å². The molecule has 1 saturated heterocycles. The Hall–Kier alpha value is 0.680. The summed E-state index contributed by atoms with van der Waals surface area (Å²) in [6.07, 6.45) is 0. The lowest BCUT2D eigenvalue weighted by molar-refractivity contribution is 0.0888. The zero-order chi connectivity index (χ0) is 13.3. The summed E-state index contributed by atoms with van der Waals surface area (Å²) in [5, 5.41) is 3.44. The first kappa shape index (κ1) is 20.7. The Morgan fingerprint density at radius 2 is 1.80 bits per heavy atom. The van der Waals surface area contributed by atoms with Gasteiger partial charge in [0.15, 0.2) is 0 Å². The second-order valence-corrected chi connectivity index (χ2v) is 8.56. The minimum Gasteiger partial charge on any atom is -0.314 e. The molecular formula is C14H25BrCl2N2S. The summed E-state index contributed by atoms with van der Waals surface area (Å²) in [5.41, 5.74) is 1.63. The van der Waals surface area contributed by atoms with Gasteiger partial charge in [-0.3, -0.25) is 4.90 Å². The number of nitrogens with one attached hydrogen (secondary N) is 1. The van der Waals surface area contributed by atoms with Crippen molar-refractivity contribution in [3.05, 3.63) is 20.3 Å². The number of rotatable bonds is 2. The molecule has 0 saturated carbocycles. The Labute approximate surface area is 147 Å². The van der Waals surface area contributed by atoms with Gasteiger partial charge in [0.1, 0.15) is 0 Å². The zero-order valence-corrected chi connectivity index (χ0v) is 16.6. The van der Waals surface area contributed by atoms with E-state index in [9.17, 15) is 0 Å². The Balaban J connectivity index is 0.00000180. The highest BCUT2D eigenvalue weighted by Crippen LogP contribution is 2.43. The van der Waals surface area contributed by atoms with Crippen LogP contribution in [0.1, 0.15) is 37.3 Å². The molecule has 0 unspecified atom stereocenters. The lowest BCUT2D eigenvalue weighted by atomic mass is 9.84. The topological polar surface area (TPSA) is 15.3 Å². The molecule has 0 spiro atoms. The van der Waals surface area contributed by atoms with Crippen LogP contribution in [0.3, 0.4) is 0 Å². The molecule has 2 heterocycles. The average Bonchev–Trinajstić information content (AvgIpc) is 2.58. The summed E-state index contributed by atoms with van der Waals surface area (Å²) in [7, 11) is 0. The van der Waals surface area contributed by atoms with Gasteiger partial charge in [-0.25, -0.2) is 0 Å². The van der Waals surface area contributed by atoms with Crippen molar-refractivity contribution in [3.63, 3.8) is 0 Å². The van der Waals surface area contributed by atoms with Crippen LogP contribution in [0.5, 0.6) is 0 Å². The van der Waals surface area contributed by atoms with Crippen molar-refractivity contribution >= 4 is 52.1 Å². The van der Waals surface area contributed by atoms with E-state index in [2.05, 4.69) is 59.9 Å². The van der Waals surface area contributed by atoms with Gasteiger partial charge in [-0.1, -0.05) is 20.8 Å². The maximum Gasteiger partial charge on any atom is 0.0731 e. The Kier molecular flexibility index (Phi) is 8.63. The number of thiophene rings is 1. The van der Waals surface area contributed by atoms with Crippen molar-refractivity contribution in [1.29, 1.82) is 0 Å². The van der Waals surface area contributed by atoms with E-state index in [-0.39, 0.29) is 30.2 Å². The molecule has 1 fully saturated rings. The first-order chi connectivity index (χ1) is 8.39. The molecular weight excluding hydrogens is 379 g/mol. The molecule has 2 rings (SSSR count). The third-order valence-corrected chi connectivity index (χ3v) is 5.67. The van der Waals surface area contributed by atoms with E-state index in [4.69, 9.17) is 0 Å². The van der Waals surface area contributed by atoms with E-state index in [1.54, 1.807) is 0 Å². The third-order valence-electron chi connectivity index (χ3n) is 3.48. The van der Waals surface area contributed by atoms with Gasteiger partial charge in [0.25, 0.3) is 0 Å². The minimum atomic E-state index is 0. The molecule has 6 heteroatoms. The average molecular weight is 404 g/mol. The number of hydrogen-bond acceptors (Lipinski definition) is 3. The van der Waals surface area contributed by atoms with Gasteiger partial charge < -0.3 is 5.32 Å². The molecule has 1 atom stereocenters. The van der Waals surface area contributed by atoms with Crippen molar-refractivity contribution < 1.29 is 0 Å². The molecule has 2 nitrogen and oxygen atoms in total. The monoisotopic (exact) mass is 402 g/mol. The van der Waals surface area contributed by atoms with Crippen LogP contribution in [0.25, 0.3) is 0 Å². The van der Waals surface area contributed by atoms with E-state index in [0.29, 0.717) is 6.04 Å². The van der Waals surface area contributed by atoms with Crippen LogP contribution in [0.15, 0.2) is 9.85 Å². The number of hydrogen-bond donors (Lipinski definition) is 1. The lowest BCUT2D eigenvalue weighted by Crippen LogP contribution is -2.48. The van der Waals surface area contributed by atoms with Crippen LogP contribution in [-0.4, -0.2) is 31.1 Å². The van der Waals surface area contributed by atoms with Gasteiger partial charge in [-0.2, -0.15) is 0 Å². The molecule has 0 aromatic carbocycles. The maximum absolute atomic E-state index is 3.66. The van der Waals surface area contributed by atoms with Crippen molar-refractivity contribution in [2.45, 2.75) is 33.7 Å². The van der Waals surface area contributed by atoms with E-state index in [1.807, 2.05) is 11.3 Å². The fourth-order valence-electron chi connectivity index (χ4n) is 2.71. The minimum absolute atomic E-state index is 0. The summed E-state index contributed by atoms with van der Waals surface area (Å²) in [5.74, 6) is 0. The van der Waals surface area contributed by atoms with Crippen LogP contribution >= 0.6 is 52.1 Å². The van der Waals surface area contributed by atoms with Gasteiger partial charge in [0.2, 0.25) is 0 Å². The molecule has 0 amide bonds. The second-order valence-electron chi connectivity index (χ2n) is 6.16. The van der Waals surface area contributed by atoms with Gasteiger partial charge in [-0.15, -0.1) is 36.2 Å². The van der Waals surface area contributed by atoms with E-state index >= 15 is 0 Å². The molecule has 0 aliphatic carbocycles. The highest BCUT2D eigenvalue weighted by molar-refractivity contribution is 9.11. The van der Waals surface area contributed by atoms with Gasteiger partial charge >= 0.3 is 0 Å². The van der Waals surface area contributed by atoms with Gasteiger partial charge in [0.05, 0.1) is 3.79 Å². The SMILES string of the molecule is Cc1cc([C@@H](N2CCNCC2)C(C)(C)C)sc1Br.Cl.Cl. The molecule has 118 valence electrons. The predicted molar refractivity (Wildman–Crippen MR) is 97.9 cm³/mol. The lowest BCUT2D eigenvalue weighted by Gasteiger charge is -2.41. The summed E-state index contributed by atoms with van der Waals surface area (Å²) < 4.78 is 1.28. The maximum atomic E-state index is 3.66. The second kappa shape index (κ2) is 8.35. The first-order valence-corrected chi connectivity index (χ1v) is 8.21. The van der Waals surface area contributed by atoms with Crippen molar-refractivity contribution in [2.75, 3.05) is 26.2 Å². The summed E-state index contributed by atoms with van der Waals surface area (Å²) in [6, 6.07) is 2.88. The van der Waals surface area contributed by atoms with Crippen LogP contribution in [0.4, 0.5) is 0 Å². The number of halogens is 3. The van der Waals surface area contributed by atoms with Gasteiger partial charge in [-0.05, 0) is 39.9 Å².